The predicted molar refractivity (Wildman–Crippen MR) is 60.0 cm³/mol. The first-order valence-electron chi connectivity index (χ1n) is 4.70. The fourth-order valence-electron chi connectivity index (χ4n) is 1.05. The molecule has 0 spiro atoms. The van der Waals surface area contributed by atoms with Gasteiger partial charge in [0.1, 0.15) is 0 Å². The molecule has 1 aromatic rings. The van der Waals surface area contributed by atoms with Crippen molar-refractivity contribution in [1.82, 2.24) is 4.98 Å². The van der Waals surface area contributed by atoms with E-state index in [0.29, 0.717) is 12.3 Å². The predicted octanol–water partition coefficient (Wildman–Crippen LogP) is -0.0877. The molecule has 0 atom stereocenters. The monoisotopic (exact) mass is 257 g/mol. The number of nitrogens with zero attached hydrogens (tertiary/aromatic N) is 2. The summed E-state index contributed by atoms with van der Waals surface area (Å²) in [6, 6.07) is 0. The molecule has 17 heavy (non-hydrogen) atoms. The summed E-state index contributed by atoms with van der Waals surface area (Å²) in [5.41, 5.74) is 5.09. The summed E-state index contributed by atoms with van der Waals surface area (Å²) in [4.78, 5) is 26.0. The van der Waals surface area contributed by atoms with Crippen molar-refractivity contribution in [3.63, 3.8) is 0 Å². The highest BCUT2D eigenvalue weighted by Crippen LogP contribution is 2.12. The van der Waals surface area contributed by atoms with E-state index in [4.69, 9.17) is 15.7 Å². The van der Waals surface area contributed by atoms with Gasteiger partial charge >= 0.3 is 5.97 Å². The van der Waals surface area contributed by atoms with Gasteiger partial charge in [-0.2, -0.15) is 0 Å². The molecule has 3 N–H and O–H groups in total. The standard InChI is InChI=1S/C9H11N3O4S/c1-2-16-6(13)3-5-4-17-9(11-5)7(12-15)8(10)14/h4,15H,2-3H2,1H3,(H2,10,14)/b12-7-. The number of aromatic nitrogens is 1. The molecule has 0 aliphatic heterocycles. The Hall–Kier alpha value is -1.96. The van der Waals surface area contributed by atoms with Crippen molar-refractivity contribution in [2.45, 2.75) is 13.3 Å². The topological polar surface area (TPSA) is 115 Å². The maximum atomic E-state index is 11.2. The van der Waals surface area contributed by atoms with Crippen LogP contribution in [0.5, 0.6) is 0 Å². The molecule has 0 saturated carbocycles. The van der Waals surface area contributed by atoms with Crippen LogP contribution >= 0.6 is 11.3 Å². The lowest BCUT2D eigenvalue weighted by molar-refractivity contribution is -0.142. The average molecular weight is 257 g/mol. The van der Waals surface area contributed by atoms with Crippen LogP contribution in [0, 0.1) is 0 Å². The number of ether oxygens (including phenoxy) is 1. The number of thiazole rings is 1. The van der Waals surface area contributed by atoms with Crippen molar-refractivity contribution in [3.05, 3.63) is 16.1 Å². The van der Waals surface area contributed by atoms with Crippen LogP contribution in [0.15, 0.2) is 10.5 Å². The number of amides is 1. The minimum Gasteiger partial charge on any atom is -0.466 e. The molecule has 1 amide bonds. The molecule has 92 valence electrons. The number of esters is 1. The molecule has 0 aromatic carbocycles. The van der Waals surface area contributed by atoms with Crippen LogP contribution in [-0.4, -0.2) is 34.4 Å². The number of primary amides is 1. The highest BCUT2D eigenvalue weighted by Gasteiger charge is 2.16. The Morgan fingerprint density at radius 3 is 2.88 bits per heavy atom. The molecule has 7 nitrogen and oxygen atoms in total. The fraction of sp³-hybridized carbons (Fsp3) is 0.333. The molecule has 0 unspecified atom stereocenters. The number of hydrogen-bond acceptors (Lipinski definition) is 7. The first-order chi connectivity index (χ1) is 8.08. The van der Waals surface area contributed by atoms with Gasteiger partial charge in [0.15, 0.2) is 5.01 Å². The average Bonchev–Trinajstić information content (AvgIpc) is 2.67. The number of hydrogen-bond donors (Lipinski definition) is 2. The zero-order valence-electron chi connectivity index (χ0n) is 9.04. The largest absolute Gasteiger partial charge is 0.466 e. The van der Waals surface area contributed by atoms with Crippen molar-refractivity contribution in [3.8, 4) is 0 Å². The number of carbonyl (C=O) groups excluding carboxylic acids is 2. The maximum Gasteiger partial charge on any atom is 0.311 e. The van der Waals surface area contributed by atoms with E-state index in [-0.39, 0.29) is 17.1 Å². The smallest absolute Gasteiger partial charge is 0.311 e. The van der Waals surface area contributed by atoms with Crippen LogP contribution in [0.2, 0.25) is 0 Å². The maximum absolute atomic E-state index is 11.2. The van der Waals surface area contributed by atoms with E-state index in [1.165, 1.54) is 0 Å². The SMILES string of the molecule is CCOC(=O)Cc1csc(/C(=N\O)C(N)=O)n1. The summed E-state index contributed by atoms with van der Waals surface area (Å²) in [6.07, 6.45) is 0.00180. The van der Waals surface area contributed by atoms with E-state index in [9.17, 15) is 9.59 Å². The second-order valence-electron chi connectivity index (χ2n) is 2.94. The Morgan fingerprint density at radius 2 is 2.35 bits per heavy atom. The van der Waals surface area contributed by atoms with E-state index in [0.717, 1.165) is 11.3 Å². The summed E-state index contributed by atoms with van der Waals surface area (Å²) in [5, 5.41) is 13.1. The minimum absolute atomic E-state index is 0.00180. The van der Waals surface area contributed by atoms with Crippen molar-refractivity contribution in [2.24, 2.45) is 10.9 Å². The van der Waals surface area contributed by atoms with Gasteiger partial charge in [0, 0.05) is 5.38 Å². The van der Waals surface area contributed by atoms with Gasteiger partial charge in [-0.05, 0) is 6.92 Å². The molecule has 0 aliphatic carbocycles. The van der Waals surface area contributed by atoms with Crippen LogP contribution in [0.4, 0.5) is 0 Å². The molecule has 0 saturated heterocycles. The van der Waals surface area contributed by atoms with Crippen LogP contribution < -0.4 is 5.73 Å². The Morgan fingerprint density at radius 1 is 1.65 bits per heavy atom. The third kappa shape index (κ3) is 3.52. The summed E-state index contributed by atoms with van der Waals surface area (Å²) in [5.74, 6) is -1.30. The molecule has 1 heterocycles. The second-order valence-corrected chi connectivity index (χ2v) is 3.80. The van der Waals surface area contributed by atoms with Crippen LogP contribution in [0.1, 0.15) is 17.6 Å². The van der Waals surface area contributed by atoms with Crippen molar-refractivity contribution >= 4 is 28.9 Å². The molecule has 1 rings (SSSR count). The van der Waals surface area contributed by atoms with Gasteiger partial charge in [-0.3, -0.25) is 9.59 Å². The zero-order chi connectivity index (χ0) is 12.8. The highest BCUT2D eigenvalue weighted by atomic mass is 32.1. The summed E-state index contributed by atoms with van der Waals surface area (Å²) in [7, 11) is 0. The van der Waals surface area contributed by atoms with Crippen molar-refractivity contribution in [2.75, 3.05) is 6.61 Å². The second kappa shape index (κ2) is 5.94. The van der Waals surface area contributed by atoms with Crippen molar-refractivity contribution in [1.29, 1.82) is 0 Å². The normalized spacial score (nSPS) is 11.2. The lowest BCUT2D eigenvalue weighted by Gasteiger charge is -1.98. The first-order valence-corrected chi connectivity index (χ1v) is 5.58. The van der Waals surface area contributed by atoms with E-state index in [1.807, 2.05) is 0 Å². The molecule has 1 aromatic heterocycles. The number of rotatable bonds is 5. The van der Waals surface area contributed by atoms with Gasteiger partial charge in [-0.15, -0.1) is 11.3 Å². The minimum atomic E-state index is -0.885. The lowest BCUT2D eigenvalue weighted by atomic mass is 10.3. The number of carbonyl (C=O) groups is 2. The summed E-state index contributed by atoms with van der Waals surface area (Å²) in [6.45, 7) is 1.99. The Kier molecular flexibility index (Phi) is 4.58. The van der Waals surface area contributed by atoms with Gasteiger partial charge in [0.05, 0.1) is 18.7 Å². The van der Waals surface area contributed by atoms with Gasteiger partial charge < -0.3 is 15.7 Å². The van der Waals surface area contributed by atoms with Gasteiger partial charge in [0.2, 0.25) is 5.71 Å². The molecule has 0 radical (unpaired) electrons. The van der Waals surface area contributed by atoms with Gasteiger partial charge in [-0.25, -0.2) is 4.98 Å². The third-order valence-corrected chi connectivity index (χ3v) is 2.62. The fourth-order valence-corrected chi connectivity index (χ4v) is 1.86. The third-order valence-electron chi connectivity index (χ3n) is 1.72. The zero-order valence-corrected chi connectivity index (χ0v) is 9.86. The highest BCUT2D eigenvalue weighted by molar-refractivity contribution is 7.12. The molecule has 0 aliphatic rings. The molecule has 0 bridgehead atoms. The van der Waals surface area contributed by atoms with Crippen molar-refractivity contribution < 1.29 is 19.5 Å². The number of oxime groups is 1. The first kappa shape index (κ1) is 13.1. The Labute approximate surface area is 101 Å². The van der Waals surface area contributed by atoms with Gasteiger partial charge in [-0.1, -0.05) is 5.16 Å². The summed E-state index contributed by atoms with van der Waals surface area (Å²) >= 11 is 1.06. The van der Waals surface area contributed by atoms with Crippen LogP contribution in [-0.2, 0) is 20.7 Å². The summed E-state index contributed by atoms with van der Waals surface area (Å²) < 4.78 is 4.74. The Balaban J connectivity index is 2.78. The molecule has 8 heteroatoms. The Bertz CT molecular complexity index is 455. The van der Waals surface area contributed by atoms with E-state index < -0.39 is 11.9 Å². The van der Waals surface area contributed by atoms with Gasteiger partial charge in [0.25, 0.3) is 5.91 Å². The molecule has 0 fully saturated rings. The van der Waals surface area contributed by atoms with E-state index >= 15 is 0 Å². The quantitative estimate of drug-likeness (QED) is 0.331. The van der Waals surface area contributed by atoms with E-state index in [1.54, 1.807) is 12.3 Å². The van der Waals surface area contributed by atoms with Crippen LogP contribution in [0.3, 0.4) is 0 Å². The van der Waals surface area contributed by atoms with E-state index in [2.05, 4.69) is 10.1 Å². The van der Waals surface area contributed by atoms with Crippen LogP contribution in [0.25, 0.3) is 0 Å². The lowest BCUT2D eigenvalue weighted by Crippen LogP contribution is -2.24. The molecular formula is C9H11N3O4S. The number of nitrogens with two attached hydrogens (primary N) is 1. The molecular weight excluding hydrogens is 246 g/mol.